The Labute approximate surface area is 188 Å². The summed E-state index contributed by atoms with van der Waals surface area (Å²) in [5.74, 6) is -3.08. The lowest BCUT2D eigenvalue weighted by molar-refractivity contribution is -0.235. The van der Waals surface area contributed by atoms with Crippen molar-refractivity contribution in [2.45, 2.75) is 40.9 Å². The summed E-state index contributed by atoms with van der Waals surface area (Å²) in [4.78, 5) is 48.4. The van der Waals surface area contributed by atoms with Crippen molar-refractivity contribution in [1.82, 2.24) is 0 Å². The third-order valence-corrected chi connectivity index (χ3v) is 3.90. The molecule has 0 heterocycles. The van der Waals surface area contributed by atoms with Gasteiger partial charge in [-0.25, -0.2) is 19.2 Å². The number of carbonyl (C=O) groups excluding carboxylic acids is 4. The molecule has 0 radical (unpaired) electrons. The Morgan fingerprint density at radius 2 is 0.969 bits per heavy atom. The maximum absolute atomic E-state index is 12.2. The zero-order valence-electron chi connectivity index (χ0n) is 19.4. The summed E-state index contributed by atoms with van der Waals surface area (Å²) in [6.07, 6.45) is -1.44. The fourth-order valence-electron chi connectivity index (χ4n) is 2.01. The molecule has 0 amide bonds. The van der Waals surface area contributed by atoms with Crippen LogP contribution < -0.4 is 0 Å². The molecule has 32 heavy (non-hydrogen) atoms. The minimum absolute atomic E-state index is 0.0627. The second-order valence-corrected chi connectivity index (χ2v) is 7.40. The number of hydrogen-bond donors (Lipinski definition) is 0. The summed E-state index contributed by atoms with van der Waals surface area (Å²) in [6.45, 7) is 20.0. The molecule has 9 nitrogen and oxygen atoms in total. The normalized spacial score (nSPS) is 11.5. The summed E-state index contributed by atoms with van der Waals surface area (Å²) in [6, 6.07) is 0. The summed E-state index contributed by atoms with van der Waals surface area (Å²) in [5.41, 5.74) is -1.25. The molecule has 9 heteroatoms. The standard InChI is InChI=1S/C23H32O9/c1-10-28-22(32-21(27)17(8)9)23(11-29-18(24)14(2)3,12-30-19(25)15(4)5)13-31-20(26)16(6)7/h22H,2,4,6,8,10-13H2,1,3,5,7,9H3. The van der Waals surface area contributed by atoms with Gasteiger partial charge in [0.2, 0.25) is 6.29 Å². The molecule has 0 aliphatic heterocycles. The zero-order chi connectivity index (χ0) is 25.1. The van der Waals surface area contributed by atoms with Gasteiger partial charge < -0.3 is 23.7 Å². The van der Waals surface area contributed by atoms with E-state index < -0.39 is 55.4 Å². The Morgan fingerprint density at radius 3 is 1.22 bits per heavy atom. The molecule has 178 valence electrons. The van der Waals surface area contributed by atoms with Gasteiger partial charge in [-0.2, -0.15) is 0 Å². The van der Waals surface area contributed by atoms with Crippen LogP contribution in [0.15, 0.2) is 48.6 Å². The molecule has 0 rings (SSSR count). The van der Waals surface area contributed by atoms with E-state index in [1.165, 1.54) is 27.7 Å². The van der Waals surface area contributed by atoms with Crippen molar-refractivity contribution < 1.29 is 42.9 Å². The number of rotatable bonds is 14. The van der Waals surface area contributed by atoms with Gasteiger partial charge in [-0.05, 0) is 34.6 Å². The molecule has 0 aromatic carbocycles. The molecule has 0 aromatic rings. The first-order chi connectivity index (χ1) is 14.8. The number of carbonyl (C=O) groups is 4. The van der Waals surface area contributed by atoms with E-state index in [4.69, 9.17) is 23.7 Å². The van der Waals surface area contributed by atoms with Crippen LogP contribution in [-0.2, 0) is 42.9 Å². The number of esters is 4. The predicted molar refractivity (Wildman–Crippen MR) is 116 cm³/mol. The van der Waals surface area contributed by atoms with Crippen LogP contribution in [0.1, 0.15) is 34.6 Å². The summed E-state index contributed by atoms with van der Waals surface area (Å²) < 4.78 is 26.8. The van der Waals surface area contributed by atoms with E-state index >= 15 is 0 Å². The van der Waals surface area contributed by atoms with Gasteiger partial charge in [0.1, 0.15) is 25.2 Å². The van der Waals surface area contributed by atoms with Gasteiger partial charge >= 0.3 is 23.9 Å². The van der Waals surface area contributed by atoms with Crippen molar-refractivity contribution >= 4 is 23.9 Å². The molecule has 0 aromatic heterocycles. The second-order valence-electron chi connectivity index (χ2n) is 7.40. The Hall–Kier alpha value is -3.20. The largest absolute Gasteiger partial charge is 0.461 e. The van der Waals surface area contributed by atoms with Crippen LogP contribution in [0, 0.1) is 5.41 Å². The van der Waals surface area contributed by atoms with E-state index in [1.54, 1.807) is 6.92 Å². The van der Waals surface area contributed by atoms with Crippen LogP contribution in [0.3, 0.4) is 0 Å². The van der Waals surface area contributed by atoms with Crippen LogP contribution in [0.2, 0.25) is 0 Å². The molecule has 1 unspecified atom stereocenters. The Balaban J connectivity index is 6.30. The quantitative estimate of drug-likeness (QED) is 0.170. The monoisotopic (exact) mass is 452 g/mol. The average Bonchev–Trinajstić information content (AvgIpc) is 2.71. The second kappa shape index (κ2) is 13.3. The highest BCUT2D eigenvalue weighted by molar-refractivity contribution is 5.88. The summed E-state index contributed by atoms with van der Waals surface area (Å²) >= 11 is 0. The maximum atomic E-state index is 12.2. The van der Waals surface area contributed by atoms with Crippen LogP contribution in [-0.4, -0.2) is 56.6 Å². The van der Waals surface area contributed by atoms with Gasteiger partial charge in [0.25, 0.3) is 0 Å². The molecule has 1 atom stereocenters. The van der Waals surface area contributed by atoms with E-state index in [1.807, 2.05) is 0 Å². The number of hydrogen-bond acceptors (Lipinski definition) is 9. The van der Waals surface area contributed by atoms with Crippen molar-refractivity contribution in [3.63, 3.8) is 0 Å². The molecular weight excluding hydrogens is 420 g/mol. The van der Waals surface area contributed by atoms with Crippen LogP contribution in [0.4, 0.5) is 0 Å². The average molecular weight is 453 g/mol. The van der Waals surface area contributed by atoms with Gasteiger partial charge in [0.15, 0.2) is 0 Å². The van der Waals surface area contributed by atoms with Crippen molar-refractivity contribution in [2.75, 3.05) is 26.4 Å². The maximum Gasteiger partial charge on any atom is 0.335 e. The fraction of sp³-hybridized carbons (Fsp3) is 0.478. The highest BCUT2D eigenvalue weighted by Gasteiger charge is 2.47. The molecule has 0 bridgehead atoms. The summed E-state index contributed by atoms with van der Waals surface area (Å²) in [5, 5.41) is 0. The molecule has 0 N–H and O–H groups in total. The van der Waals surface area contributed by atoms with Crippen molar-refractivity contribution in [3.05, 3.63) is 48.6 Å². The van der Waals surface area contributed by atoms with Gasteiger partial charge in [0.05, 0.1) is 0 Å². The minimum Gasteiger partial charge on any atom is -0.461 e. The fourth-order valence-corrected chi connectivity index (χ4v) is 2.01. The SMILES string of the molecule is C=C(C)C(=O)OCC(COC(=O)C(=C)C)(COC(=O)C(=C)C)C(OCC)OC(=O)C(=C)C. The van der Waals surface area contributed by atoms with Crippen molar-refractivity contribution in [3.8, 4) is 0 Å². The van der Waals surface area contributed by atoms with Gasteiger partial charge in [-0.3, -0.25) is 0 Å². The molecule has 0 fully saturated rings. The highest BCUT2D eigenvalue weighted by Crippen LogP contribution is 2.30. The van der Waals surface area contributed by atoms with Crippen LogP contribution >= 0.6 is 0 Å². The third kappa shape index (κ3) is 9.30. The first-order valence-electron chi connectivity index (χ1n) is 9.73. The molecule has 0 saturated heterocycles. The Kier molecular flexibility index (Phi) is 11.9. The lowest BCUT2D eigenvalue weighted by Gasteiger charge is -2.37. The Morgan fingerprint density at radius 1 is 0.656 bits per heavy atom. The first kappa shape index (κ1) is 28.8. The van der Waals surface area contributed by atoms with Gasteiger partial charge in [-0.15, -0.1) is 0 Å². The zero-order valence-corrected chi connectivity index (χ0v) is 19.4. The van der Waals surface area contributed by atoms with E-state index in [-0.39, 0.29) is 28.9 Å². The number of ether oxygens (including phenoxy) is 5. The molecule has 0 saturated carbocycles. The van der Waals surface area contributed by atoms with E-state index in [9.17, 15) is 19.2 Å². The lowest BCUT2D eigenvalue weighted by atomic mass is 9.89. The van der Waals surface area contributed by atoms with Gasteiger partial charge in [-0.1, -0.05) is 26.3 Å². The first-order valence-corrected chi connectivity index (χ1v) is 9.73. The Bertz CT molecular complexity index is 717. The minimum atomic E-state index is -1.62. The summed E-state index contributed by atoms with van der Waals surface area (Å²) in [7, 11) is 0. The van der Waals surface area contributed by atoms with E-state index in [0.29, 0.717) is 0 Å². The van der Waals surface area contributed by atoms with E-state index in [0.717, 1.165) is 0 Å². The van der Waals surface area contributed by atoms with Crippen molar-refractivity contribution in [1.29, 1.82) is 0 Å². The molecular formula is C23H32O9. The van der Waals surface area contributed by atoms with Crippen LogP contribution in [0.25, 0.3) is 0 Å². The smallest absolute Gasteiger partial charge is 0.335 e. The molecule has 0 aliphatic carbocycles. The van der Waals surface area contributed by atoms with E-state index in [2.05, 4.69) is 26.3 Å². The molecule has 0 aliphatic rings. The third-order valence-electron chi connectivity index (χ3n) is 3.90. The lowest BCUT2D eigenvalue weighted by Crippen LogP contribution is -2.51. The van der Waals surface area contributed by atoms with Crippen molar-refractivity contribution in [2.24, 2.45) is 5.41 Å². The van der Waals surface area contributed by atoms with Gasteiger partial charge in [0, 0.05) is 28.9 Å². The molecule has 0 spiro atoms. The predicted octanol–water partition coefficient (Wildman–Crippen LogP) is 2.81. The van der Waals surface area contributed by atoms with Crippen LogP contribution in [0.5, 0.6) is 0 Å². The highest BCUT2D eigenvalue weighted by atomic mass is 16.7. The topological polar surface area (TPSA) is 114 Å².